The topological polar surface area (TPSA) is 54.5 Å². The molecule has 6 heteroatoms. The summed E-state index contributed by atoms with van der Waals surface area (Å²) in [5.41, 5.74) is 0. The zero-order valence-electron chi connectivity index (χ0n) is 13.4. The number of hydrogen-bond acceptors (Lipinski definition) is 4. The van der Waals surface area contributed by atoms with E-state index >= 15 is 0 Å². The van der Waals surface area contributed by atoms with Crippen molar-refractivity contribution in [2.75, 3.05) is 18.8 Å². The first-order valence-electron chi connectivity index (χ1n) is 8.12. The van der Waals surface area contributed by atoms with Gasteiger partial charge in [-0.15, -0.1) is 11.3 Å². The molecule has 0 N–H and O–H groups in total. The van der Waals surface area contributed by atoms with Crippen LogP contribution in [0.4, 0.5) is 0 Å². The maximum absolute atomic E-state index is 12.5. The molecule has 1 aromatic heterocycles. The SMILES string of the molecule is O=C(Cc1cccs1)N1CCCC(CS(=O)(=O)c2ccccc2)C1. The van der Waals surface area contributed by atoms with Crippen LogP contribution >= 0.6 is 11.3 Å². The van der Waals surface area contributed by atoms with Crippen LogP contribution in [0.15, 0.2) is 52.7 Å². The molecule has 0 bridgehead atoms. The lowest BCUT2D eigenvalue weighted by molar-refractivity contribution is -0.132. The molecule has 1 aliphatic rings. The van der Waals surface area contributed by atoms with E-state index < -0.39 is 9.84 Å². The Morgan fingerprint density at radius 2 is 1.96 bits per heavy atom. The molecule has 1 fully saturated rings. The quantitative estimate of drug-likeness (QED) is 0.820. The lowest BCUT2D eigenvalue weighted by Crippen LogP contribution is -2.42. The fourth-order valence-corrected chi connectivity index (χ4v) is 5.49. The molecule has 1 aliphatic heterocycles. The molecule has 2 aromatic rings. The predicted molar refractivity (Wildman–Crippen MR) is 95.8 cm³/mol. The Kier molecular flexibility index (Phi) is 5.36. The Labute approximate surface area is 147 Å². The van der Waals surface area contributed by atoms with E-state index in [-0.39, 0.29) is 17.6 Å². The summed E-state index contributed by atoms with van der Waals surface area (Å²) in [7, 11) is -3.29. The second kappa shape index (κ2) is 7.49. The number of amides is 1. The van der Waals surface area contributed by atoms with E-state index in [2.05, 4.69) is 0 Å². The van der Waals surface area contributed by atoms with Gasteiger partial charge in [0.25, 0.3) is 0 Å². The van der Waals surface area contributed by atoms with Crippen molar-refractivity contribution in [2.45, 2.75) is 24.2 Å². The molecule has 4 nitrogen and oxygen atoms in total. The van der Waals surface area contributed by atoms with Crippen LogP contribution in [0.1, 0.15) is 17.7 Å². The van der Waals surface area contributed by atoms with Crippen LogP contribution in [0.2, 0.25) is 0 Å². The van der Waals surface area contributed by atoms with Crippen LogP contribution in [0.25, 0.3) is 0 Å². The van der Waals surface area contributed by atoms with Crippen LogP contribution in [-0.2, 0) is 21.1 Å². The van der Waals surface area contributed by atoms with Crippen LogP contribution in [0.5, 0.6) is 0 Å². The molecular weight excluding hydrogens is 342 g/mol. The summed E-state index contributed by atoms with van der Waals surface area (Å²) in [5, 5.41) is 1.97. The summed E-state index contributed by atoms with van der Waals surface area (Å²) >= 11 is 1.58. The van der Waals surface area contributed by atoms with Crippen LogP contribution in [-0.4, -0.2) is 38.1 Å². The van der Waals surface area contributed by atoms with Crippen molar-refractivity contribution in [2.24, 2.45) is 5.92 Å². The van der Waals surface area contributed by atoms with Gasteiger partial charge in [-0.1, -0.05) is 24.3 Å². The molecule has 1 unspecified atom stereocenters. The Morgan fingerprint density at radius 1 is 1.17 bits per heavy atom. The molecule has 0 spiro atoms. The van der Waals surface area contributed by atoms with Crippen LogP contribution < -0.4 is 0 Å². The van der Waals surface area contributed by atoms with Crippen molar-refractivity contribution in [3.05, 3.63) is 52.7 Å². The van der Waals surface area contributed by atoms with Crippen molar-refractivity contribution in [1.29, 1.82) is 0 Å². The minimum Gasteiger partial charge on any atom is -0.342 e. The van der Waals surface area contributed by atoms with Crippen molar-refractivity contribution in [3.63, 3.8) is 0 Å². The fourth-order valence-electron chi connectivity index (χ4n) is 3.14. The Balaban J connectivity index is 1.62. The van der Waals surface area contributed by atoms with Crippen molar-refractivity contribution in [3.8, 4) is 0 Å². The minimum atomic E-state index is -3.29. The van der Waals surface area contributed by atoms with Crippen LogP contribution in [0.3, 0.4) is 0 Å². The largest absolute Gasteiger partial charge is 0.342 e. The van der Waals surface area contributed by atoms with E-state index in [1.807, 2.05) is 28.5 Å². The van der Waals surface area contributed by atoms with Gasteiger partial charge in [0.05, 0.1) is 17.1 Å². The highest BCUT2D eigenvalue weighted by Gasteiger charge is 2.28. The number of hydrogen-bond donors (Lipinski definition) is 0. The van der Waals surface area contributed by atoms with Gasteiger partial charge in [-0.2, -0.15) is 0 Å². The molecule has 3 rings (SSSR count). The highest BCUT2D eigenvalue weighted by Crippen LogP contribution is 2.23. The maximum atomic E-state index is 12.5. The number of benzene rings is 1. The van der Waals surface area contributed by atoms with Gasteiger partial charge in [-0.05, 0) is 42.3 Å². The number of sulfone groups is 1. The molecule has 0 saturated carbocycles. The Hall–Kier alpha value is -1.66. The first-order valence-corrected chi connectivity index (χ1v) is 10.7. The van der Waals surface area contributed by atoms with E-state index in [4.69, 9.17) is 0 Å². The third-order valence-corrected chi connectivity index (χ3v) is 7.11. The van der Waals surface area contributed by atoms with Gasteiger partial charge in [0.1, 0.15) is 0 Å². The first-order chi connectivity index (χ1) is 11.5. The number of piperidine rings is 1. The number of nitrogens with zero attached hydrogens (tertiary/aromatic N) is 1. The summed E-state index contributed by atoms with van der Waals surface area (Å²) in [4.78, 5) is 15.7. The van der Waals surface area contributed by atoms with Crippen LogP contribution in [0, 0.1) is 5.92 Å². The molecule has 1 atom stereocenters. The molecular formula is C18H21NO3S2. The van der Waals surface area contributed by atoms with Crippen molar-refractivity contribution < 1.29 is 13.2 Å². The van der Waals surface area contributed by atoms with Crippen molar-refractivity contribution in [1.82, 2.24) is 4.90 Å². The summed E-state index contributed by atoms with van der Waals surface area (Å²) in [6, 6.07) is 12.5. The average Bonchev–Trinajstić information content (AvgIpc) is 3.08. The molecule has 2 heterocycles. The van der Waals surface area contributed by atoms with E-state index in [0.717, 1.165) is 24.3 Å². The summed E-state index contributed by atoms with van der Waals surface area (Å²) in [5.74, 6) is 0.218. The number of carbonyl (C=O) groups is 1. The third-order valence-electron chi connectivity index (χ3n) is 4.33. The van der Waals surface area contributed by atoms with Gasteiger partial charge >= 0.3 is 0 Å². The second-order valence-electron chi connectivity index (χ2n) is 6.20. The van der Waals surface area contributed by atoms with E-state index in [1.54, 1.807) is 35.6 Å². The molecule has 24 heavy (non-hydrogen) atoms. The first kappa shape index (κ1) is 17.2. The second-order valence-corrected chi connectivity index (χ2v) is 9.27. The van der Waals surface area contributed by atoms with E-state index in [0.29, 0.717) is 17.9 Å². The molecule has 1 amide bonds. The van der Waals surface area contributed by atoms with E-state index in [1.165, 1.54) is 0 Å². The minimum absolute atomic E-state index is 0.0104. The van der Waals surface area contributed by atoms with Gasteiger partial charge in [0.2, 0.25) is 5.91 Å². The lowest BCUT2D eigenvalue weighted by Gasteiger charge is -2.32. The van der Waals surface area contributed by atoms with Gasteiger partial charge in [-0.3, -0.25) is 4.79 Å². The zero-order chi connectivity index (χ0) is 17.0. The predicted octanol–water partition coefficient (Wildman–Crippen LogP) is 3.00. The molecule has 0 radical (unpaired) electrons. The number of carbonyl (C=O) groups excluding carboxylic acids is 1. The third kappa shape index (κ3) is 4.24. The standard InChI is InChI=1S/C18H21NO3S2/c20-18(12-16-7-5-11-23-16)19-10-4-6-15(13-19)14-24(21,22)17-8-2-1-3-9-17/h1-3,5,7-9,11,15H,4,6,10,12-14H2. The molecule has 128 valence electrons. The fraction of sp³-hybridized carbons (Fsp3) is 0.389. The monoisotopic (exact) mass is 363 g/mol. The Bertz CT molecular complexity index is 770. The summed E-state index contributed by atoms with van der Waals surface area (Å²) < 4.78 is 25.1. The lowest BCUT2D eigenvalue weighted by atomic mass is 10.00. The van der Waals surface area contributed by atoms with Gasteiger partial charge in [0, 0.05) is 18.0 Å². The zero-order valence-corrected chi connectivity index (χ0v) is 15.1. The highest BCUT2D eigenvalue weighted by atomic mass is 32.2. The smallest absolute Gasteiger partial charge is 0.227 e. The summed E-state index contributed by atoms with van der Waals surface area (Å²) in [6.07, 6.45) is 2.13. The van der Waals surface area contributed by atoms with E-state index in [9.17, 15) is 13.2 Å². The molecule has 0 aliphatic carbocycles. The summed E-state index contributed by atoms with van der Waals surface area (Å²) in [6.45, 7) is 1.27. The number of rotatable bonds is 5. The van der Waals surface area contributed by atoms with Gasteiger partial charge < -0.3 is 4.90 Å². The van der Waals surface area contributed by atoms with Gasteiger partial charge in [0.15, 0.2) is 9.84 Å². The number of thiophene rings is 1. The van der Waals surface area contributed by atoms with Crippen molar-refractivity contribution >= 4 is 27.1 Å². The average molecular weight is 364 g/mol. The normalized spacial score (nSPS) is 18.5. The molecule has 1 saturated heterocycles. The highest BCUT2D eigenvalue weighted by molar-refractivity contribution is 7.91. The molecule has 1 aromatic carbocycles. The number of likely N-dealkylation sites (tertiary alicyclic amines) is 1. The Morgan fingerprint density at radius 3 is 2.67 bits per heavy atom. The van der Waals surface area contributed by atoms with Gasteiger partial charge in [-0.25, -0.2) is 8.42 Å². The maximum Gasteiger partial charge on any atom is 0.227 e.